The van der Waals surface area contributed by atoms with Gasteiger partial charge in [-0.15, -0.1) is 0 Å². The van der Waals surface area contributed by atoms with Crippen LogP contribution in [0.1, 0.15) is 10.4 Å². The molecule has 0 bridgehead atoms. The first kappa shape index (κ1) is 12.9. The van der Waals surface area contributed by atoms with Gasteiger partial charge >= 0.3 is 5.91 Å². The number of nitriles is 1. The highest BCUT2D eigenvalue weighted by atomic mass is 16.1. The number of nitrogens with one attached hydrogen (secondary N) is 1. The summed E-state index contributed by atoms with van der Waals surface area (Å²) in [5.41, 5.74) is 1.08. The van der Waals surface area contributed by atoms with Gasteiger partial charge in [0.1, 0.15) is 0 Å². The molecule has 0 aliphatic rings. The van der Waals surface area contributed by atoms with E-state index < -0.39 is 5.91 Å². The number of likely N-dealkylation sites (N-methyl/N-ethyl adjacent to an activating group) is 1. The quantitative estimate of drug-likeness (QED) is 0.617. The van der Waals surface area contributed by atoms with Gasteiger partial charge in [-0.3, -0.25) is 9.59 Å². The van der Waals surface area contributed by atoms with Crippen LogP contribution in [0.25, 0.3) is 0 Å². The Hall–Kier alpha value is -2.19. The summed E-state index contributed by atoms with van der Waals surface area (Å²) in [7, 11) is 3.64. The van der Waals surface area contributed by atoms with E-state index in [2.05, 4.69) is 5.32 Å². The van der Waals surface area contributed by atoms with Crippen molar-refractivity contribution in [3.63, 3.8) is 0 Å². The van der Waals surface area contributed by atoms with E-state index in [1.807, 2.05) is 14.1 Å². The molecule has 5 nitrogen and oxygen atoms in total. The molecule has 17 heavy (non-hydrogen) atoms. The Bertz CT molecular complexity index is 458. The molecule has 0 atom stereocenters. The number of Topliss-reactive ketones (excluding diaryl/α,β-unsaturated/α-hetero) is 1. The molecule has 1 aromatic carbocycles. The van der Waals surface area contributed by atoms with Crippen LogP contribution in [0, 0.1) is 11.3 Å². The summed E-state index contributed by atoms with van der Waals surface area (Å²) in [6.07, 6.45) is 0. The molecule has 0 aromatic heterocycles. The Labute approximate surface area is 99.6 Å². The van der Waals surface area contributed by atoms with Crippen molar-refractivity contribution in [2.24, 2.45) is 0 Å². The minimum absolute atomic E-state index is 0.00756. The second kappa shape index (κ2) is 5.77. The largest absolute Gasteiger partial charge is 0.326 e. The molecule has 88 valence electrons. The van der Waals surface area contributed by atoms with Gasteiger partial charge in [-0.2, -0.15) is 5.26 Å². The lowest BCUT2D eigenvalue weighted by Gasteiger charge is -2.08. The third-order valence-electron chi connectivity index (χ3n) is 2.03. The Morgan fingerprint density at radius 1 is 1.29 bits per heavy atom. The summed E-state index contributed by atoms with van der Waals surface area (Å²) in [4.78, 5) is 24.2. The van der Waals surface area contributed by atoms with Crippen LogP contribution in [0.3, 0.4) is 0 Å². The van der Waals surface area contributed by atoms with Crippen molar-refractivity contribution >= 4 is 17.4 Å². The van der Waals surface area contributed by atoms with Gasteiger partial charge in [-0.1, -0.05) is 0 Å². The monoisotopic (exact) mass is 231 g/mol. The molecule has 0 radical (unpaired) electrons. The first-order valence-electron chi connectivity index (χ1n) is 5.02. The lowest BCUT2D eigenvalue weighted by atomic mass is 10.1. The molecular weight excluding hydrogens is 218 g/mol. The molecule has 1 N–H and O–H groups in total. The van der Waals surface area contributed by atoms with Crippen molar-refractivity contribution in [1.29, 1.82) is 5.26 Å². The zero-order valence-corrected chi connectivity index (χ0v) is 9.73. The molecule has 1 rings (SSSR count). The summed E-state index contributed by atoms with van der Waals surface area (Å²) in [5.74, 6) is -0.717. The fraction of sp³-hybridized carbons (Fsp3) is 0.250. The summed E-state index contributed by atoms with van der Waals surface area (Å²) in [6, 6.07) is 7.89. The lowest BCUT2D eigenvalue weighted by molar-refractivity contribution is -0.111. The van der Waals surface area contributed by atoms with Gasteiger partial charge in [0.05, 0.1) is 6.54 Å². The van der Waals surface area contributed by atoms with Crippen LogP contribution in [0.15, 0.2) is 24.3 Å². The molecule has 0 unspecified atom stereocenters. The van der Waals surface area contributed by atoms with Crippen LogP contribution in [-0.2, 0) is 4.79 Å². The van der Waals surface area contributed by atoms with Crippen LogP contribution in [0.4, 0.5) is 5.69 Å². The molecule has 0 saturated carbocycles. The Kier molecular flexibility index (Phi) is 4.37. The first-order valence-corrected chi connectivity index (χ1v) is 5.02. The summed E-state index contributed by atoms with van der Waals surface area (Å²) in [6.45, 7) is 0.337. The predicted molar refractivity (Wildman–Crippen MR) is 63.6 cm³/mol. The Morgan fingerprint density at radius 3 is 2.35 bits per heavy atom. The van der Waals surface area contributed by atoms with Crippen LogP contribution in [-0.4, -0.2) is 37.2 Å². The number of benzene rings is 1. The van der Waals surface area contributed by atoms with E-state index in [-0.39, 0.29) is 5.78 Å². The fourth-order valence-electron chi connectivity index (χ4n) is 1.28. The number of amides is 1. The standard InChI is InChI=1S/C12H13N3O2/c1-15(2)8-11(16)9-3-5-10(6-4-9)14-12(17)7-13/h3-6H,8H2,1-2H3,(H,14,17). The molecule has 0 aliphatic heterocycles. The fourth-order valence-corrected chi connectivity index (χ4v) is 1.28. The van der Waals surface area contributed by atoms with Gasteiger partial charge in [0.25, 0.3) is 0 Å². The van der Waals surface area contributed by atoms with Crippen molar-refractivity contribution < 1.29 is 9.59 Å². The normalized spacial score (nSPS) is 9.76. The van der Waals surface area contributed by atoms with E-state index in [0.717, 1.165) is 0 Å². The van der Waals surface area contributed by atoms with Crippen molar-refractivity contribution in [2.45, 2.75) is 0 Å². The summed E-state index contributed by atoms with van der Waals surface area (Å²) >= 11 is 0. The van der Waals surface area contributed by atoms with Crippen LogP contribution < -0.4 is 5.32 Å². The smallest absolute Gasteiger partial charge is 0.313 e. The van der Waals surface area contributed by atoms with Gasteiger partial charge < -0.3 is 10.2 Å². The zero-order chi connectivity index (χ0) is 12.8. The number of nitrogens with zero attached hydrogens (tertiary/aromatic N) is 2. The second-order valence-electron chi connectivity index (χ2n) is 3.80. The van der Waals surface area contributed by atoms with Gasteiger partial charge in [0.15, 0.2) is 11.9 Å². The molecule has 0 aliphatic carbocycles. The van der Waals surface area contributed by atoms with Crippen LogP contribution >= 0.6 is 0 Å². The first-order chi connectivity index (χ1) is 8.02. The number of ketones is 1. The second-order valence-corrected chi connectivity index (χ2v) is 3.80. The molecule has 0 fully saturated rings. The number of carbonyl (C=O) groups excluding carboxylic acids is 2. The summed E-state index contributed by atoms with van der Waals surface area (Å²) in [5, 5.41) is 10.7. The number of hydrogen-bond acceptors (Lipinski definition) is 4. The van der Waals surface area contributed by atoms with Crippen molar-refractivity contribution in [1.82, 2.24) is 4.90 Å². The number of carbonyl (C=O) groups is 2. The van der Waals surface area contributed by atoms with E-state index >= 15 is 0 Å². The third kappa shape index (κ3) is 4.05. The van der Waals surface area contributed by atoms with Gasteiger partial charge in [0, 0.05) is 11.3 Å². The highest BCUT2D eigenvalue weighted by Crippen LogP contribution is 2.10. The van der Waals surface area contributed by atoms with Crippen LogP contribution in [0.2, 0.25) is 0 Å². The number of anilines is 1. The molecule has 0 saturated heterocycles. The predicted octanol–water partition coefficient (Wildman–Crippen LogP) is 0.893. The minimum Gasteiger partial charge on any atom is -0.313 e. The Morgan fingerprint density at radius 2 is 1.88 bits per heavy atom. The molecule has 0 heterocycles. The maximum Gasteiger partial charge on any atom is 0.326 e. The van der Waals surface area contributed by atoms with Crippen molar-refractivity contribution in [3.05, 3.63) is 29.8 Å². The average molecular weight is 231 g/mol. The highest BCUT2D eigenvalue weighted by molar-refractivity contribution is 6.03. The van der Waals surface area contributed by atoms with E-state index in [1.165, 1.54) is 6.07 Å². The van der Waals surface area contributed by atoms with Gasteiger partial charge in [-0.05, 0) is 38.4 Å². The van der Waals surface area contributed by atoms with E-state index in [1.54, 1.807) is 29.2 Å². The number of hydrogen-bond donors (Lipinski definition) is 1. The van der Waals surface area contributed by atoms with E-state index in [9.17, 15) is 9.59 Å². The molecule has 1 aromatic rings. The van der Waals surface area contributed by atoms with E-state index in [4.69, 9.17) is 5.26 Å². The zero-order valence-electron chi connectivity index (χ0n) is 9.73. The summed E-state index contributed by atoms with van der Waals surface area (Å²) < 4.78 is 0. The maximum atomic E-state index is 11.7. The number of rotatable bonds is 4. The topological polar surface area (TPSA) is 73.2 Å². The lowest BCUT2D eigenvalue weighted by Crippen LogP contribution is -2.21. The molecular formula is C12H13N3O2. The third-order valence-corrected chi connectivity index (χ3v) is 2.03. The molecule has 1 amide bonds. The Balaban J connectivity index is 2.71. The molecule has 5 heteroatoms. The van der Waals surface area contributed by atoms with Crippen molar-refractivity contribution in [2.75, 3.05) is 26.0 Å². The SMILES string of the molecule is CN(C)CC(=O)c1ccc(NC(=O)C#N)cc1. The highest BCUT2D eigenvalue weighted by Gasteiger charge is 2.07. The van der Waals surface area contributed by atoms with Crippen molar-refractivity contribution in [3.8, 4) is 6.07 Å². The average Bonchev–Trinajstić information content (AvgIpc) is 2.28. The minimum atomic E-state index is -0.725. The maximum absolute atomic E-state index is 11.7. The molecule has 0 spiro atoms. The van der Waals surface area contributed by atoms with Gasteiger partial charge in [-0.25, -0.2) is 0 Å². The van der Waals surface area contributed by atoms with Gasteiger partial charge in [0.2, 0.25) is 0 Å². The van der Waals surface area contributed by atoms with E-state index in [0.29, 0.717) is 17.8 Å². The van der Waals surface area contributed by atoms with Crippen LogP contribution in [0.5, 0.6) is 0 Å².